The molecule has 0 fully saturated rings. The van der Waals surface area contributed by atoms with Gasteiger partial charge in [0.05, 0.1) is 0 Å². The van der Waals surface area contributed by atoms with Crippen molar-refractivity contribution in [1.29, 1.82) is 5.26 Å². The molecule has 0 saturated carbocycles. The Morgan fingerprint density at radius 3 is 2.42 bits per heavy atom. The maximum absolute atomic E-state index is 12.4. The summed E-state index contributed by atoms with van der Waals surface area (Å²) in [5, 5.41) is 20.7. The number of nitriles is 1. The number of nitrogens with one attached hydrogen (secondary N) is 1. The van der Waals surface area contributed by atoms with Crippen LogP contribution in [0.2, 0.25) is 0 Å². The second kappa shape index (κ2) is 9.51. The number of benzene rings is 2. The van der Waals surface area contributed by atoms with Crippen LogP contribution in [-0.4, -0.2) is 24.5 Å². The van der Waals surface area contributed by atoms with E-state index in [9.17, 15) is 18.5 Å². The van der Waals surface area contributed by atoms with Crippen LogP contribution in [0.4, 0.5) is 5.13 Å². The number of carbonyl (C=O) groups excluding carboxylic acids is 1. The molecule has 0 saturated heterocycles. The minimum atomic E-state index is -3.96. The third kappa shape index (κ3) is 5.75. The fraction of sp³-hybridized carbons (Fsp3) is 0.143. The lowest BCUT2D eigenvalue weighted by Gasteiger charge is -2.07. The summed E-state index contributed by atoms with van der Waals surface area (Å²) in [6.45, 7) is 3.78. The Morgan fingerprint density at radius 2 is 1.84 bits per heavy atom. The molecule has 1 heterocycles. The van der Waals surface area contributed by atoms with E-state index in [4.69, 9.17) is 4.18 Å². The van der Waals surface area contributed by atoms with E-state index < -0.39 is 16.0 Å². The Kier molecular flexibility index (Phi) is 6.79. The Hall–Kier alpha value is -3.55. The molecule has 158 valence electrons. The Balaban J connectivity index is 1.72. The van der Waals surface area contributed by atoms with Gasteiger partial charge in [-0.1, -0.05) is 48.1 Å². The van der Waals surface area contributed by atoms with Gasteiger partial charge in [0.25, 0.3) is 5.91 Å². The molecule has 1 N–H and O–H groups in total. The van der Waals surface area contributed by atoms with E-state index in [-0.39, 0.29) is 16.2 Å². The topological polar surface area (TPSA) is 122 Å². The zero-order valence-electron chi connectivity index (χ0n) is 16.7. The van der Waals surface area contributed by atoms with E-state index in [1.54, 1.807) is 24.3 Å². The number of aromatic nitrogens is 2. The zero-order chi connectivity index (χ0) is 22.4. The molecule has 10 heteroatoms. The summed E-state index contributed by atoms with van der Waals surface area (Å²) >= 11 is 1.24. The van der Waals surface area contributed by atoms with Crippen LogP contribution in [0.25, 0.3) is 6.08 Å². The highest BCUT2D eigenvalue weighted by atomic mass is 32.2. The summed E-state index contributed by atoms with van der Waals surface area (Å²) in [4.78, 5) is 12.4. The lowest BCUT2D eigenvalue weighted by atomic mass is 10.1. The first-order valence-electron chi connectivity index (χ1n) is 9.17. The lowest BCUT2D eigenvalue weighted by Crippen LogP contribution is -2.13. The van der Waals surface area contributed by atoms with Gasteiger partial charge in [0, 0.05) is 0 Å². The van der Waals surface area contributed by atoms with Gasteiger partial charge < -0.3 is 4.18 Å². The third-order valence-corrected chi connectivity index (χ3v) is 6.31. The van der Waals surface area contributed by atoms with E-state index in [2.05, 4.69) is 15.5 Å². The van der Waals surface area contributed by atoms with Crippen molar-refractivity contribution in [2.75, 3.05) is 5.32 Å². The van der Waals surface area contributed by atoms with Crippen LogP contribution in [0.1, 0.15) is 23.1 Å². The van der Waals surface area contributed by atoms with Gasteiger partial charge in [0.2, 0.25) is 5.13 Å². The van der Waals surface area contributed by atoms with Crippen molar-refractivity contribution in [3.63, 3.8) is 0 Å². The molecule has 0 radical (unpaired) electrons. The van der Waals surface area contributed by atoms with Gasteiger partial charge in [-0.15, -0.1) is 10.2 Å². The molecule has 8 nitrogen and oxygen atoms in total. The Labute approximate surface area is 184 Å². The minimum absolute atomic E-state index is 0.0495. The number of hydrogen-bond donors (Lipinski definition) is 1. The summed E-state index contributed by atoms with van der Waals surface area (Å²) < 4.78 is 29.9. The van der Waals surface area contributed by atoms with Gasteiger partial charge in [-0.3, -0.25) is 10.1 Å². The van der Waals surface area contributed by atoms with Crippen LogP contribution in [0.5, 0.6) is 5.75 Å². The molecule has 0 aliphatic rings. The molecule has 0 bridgehead atoms. The summed E-state index contributed by atoms with van der Waals surface area (Å²) in [5.41, 5.74) is 1.33. The molecule has 3 aromatic rings. The van der Waals surface area contributed by atoms with E-state index in [0.29, 0.717) is 17.1 Å². The number of carbonyl (C=O) groups is 1. The zero-order valence-corrected chi connectivity index (χ0v) is 18.3. The number of anilines is 1. The standard InChI is InChI=1S/C21H18N4O4S2/c1-3-19-24-25-21(30-19)23-20(26)16(13-22)12-15-6-8-17(9-7-15)29-31(27,28)18-10-4-14(2)5-11-18/h4-12H,3H2,1-2H3,(H,23,25,26)/b16-12-. The molecule has 0 spiro atoms. The molecular formula is C21H18N4O4S2. The predicted molar refractivity (Wildman–Crippen MR) is 117 cm³/mol. The quantitative estimate of drug-likeness (QED) is 0.328. The molecule has 0 atom stereocenters. The van der Waals surface area contributed by atoms with Crippen molar-refractivity contribution < 1.29 is 17.4 Å². The van der Waals surface area contributed by atoms with Gasteiger partial charge in [0.15, 0.2) is 0 Å². The maximum atomic E-state index is 12.4. The number of aryl methyl sites for hydroxylation is 2. The van der Waals surface area contributed by atoms with Crippen LogP contribution in [-0.2, 0) is 21.3 Å². The maximum Gasteiger partial charge on any atom is 0.339 e. The van der Waals surface area contributed by atoms with Gasteiger partial charge in [0.1, 0.15) is 27.3 Å². The second-order valence-electron chi connectivity index (χ2n) is 6.40. The van der Waals surface area contributed by atoms with Gasteiger partial charge in [-0.2, -0.15) is 13.7 Å². The van der Waals surface area contributed by atoms with E-state index in [1.807, 2.05) is 19.9 Å². The summed E-state index contributed by atoms with van der Waals surface area (Å²) in [6, 6.07) is 14.2. The Morgan fingerprint density at radius 1 is 1.16 bits per heavy atom. The van der Waals surface area contributed by atoms with Crippen LogP contribution in [0.3, 0.4) is 0 Å². The normalized spacial score (nSPS) is 11.6. The fourth-order valence-electron chi connectivity index (χ4n) is 2.43. The van der Waals surface area contributed by atoms with E-state index in [1.165, 1.54) is 41.7 Å². The van der Waals surface area contributed by atoms with Crippen molar-refractivity contribution in [2.45, 2.75) is 25.2 Å². The van der Waals surface area contributed by atoms with Crippen LogP contribution < -0.4 is 9.50 Å². The van der Waals surface area contributed by atoms with E-state index >= 15 is 0 Å². The molecule has 1 aromatic heterocycles. The van der Waals surface area contributed by atoms with Crippen molar-refractivity contribution in [3.8, 4) is 11.8 Å². The number of nitrogens with zero attached hydrogens (tertiary/aromatic N) is 3. The summed E-state index contributed by atoms with van der Waals surface area (Å²) in [5.74, 6) is -0.495. The Bertz CT molecular complexity index is 1260. The van der Waals surface area contributed by atoms with Crippen molar-refractivity contribution in [1.82, 2.24) is 10.2 Å². The number of rotatable bonds is 7. The fourth-order valence-corrected chi connectivity index (χ4v) is 4.03. The molecule has 31 heavy (non-hydrogen) atoms. The van der Waals surface area contributed by atoms with Crippen molar-refractivity contribution >= 4 is 38.6 Å². The summed E-state index contributed by atoms with van der Waals surface area (Å²) in [7, 11) is -3.96. The lowest BCUT2D eigenvalue weighted by molar-refractivity contribution is -0.112. The molecule has 0 unspecified atom stereocenters. The number of amides is 1. The van der Waals surface area contributed by atoms with Crippen LogP contribution in [0.15, 0.2) is 59.0 Å². The average Bonchev–Trinajstić information content (AvgIpc) is 3.20. The average molecular weight is 455 g/mol. The molecule has 0 aliphatic carbocycles. The number of hydrogen-bond acceptors (Lipinski definition) is 8. The van der Waals surface area contributed by atoms with Crippen molar-refractivity contribution in [2.24, 2.45) is 0 Å². The largest absolute Gasteiger partial charge is 0.379 e. The smallest absolute Gasteiger partial charge is 0.339 e. The molecule has 2 aromatic carbocycles. The van der Waals surface area contributed by atoms with Crippen LogP contribution in [0, 0.1) is 18.3 Å². The molecule has 0 aliphatic heterocycles. The van der Waals surface area contributed by atoms with Gasteiger partial charge in [-0.25, -0.2) is 0 Å². The highest BCUT2D eigenvalue weighted by molar-refractivity contribution is 7.87. The first-order chi connectivity index (χ1) is 14.8. The highest BCUT2D eigenvalue weighted by Crippen LogP contribution is 2.21. The first-order valence-corrected chi connectivity index (χ1v) is 11.4. The molecule has 1 amide bonds. The second-order valence-corrected chi connectivity index (χ2v) is 9.01. The first kappa shape index (κ1) is 22.1. The minimum Gasteiger partial charge on any atom is -0.379 e. The van der Waals surface area contributed by atoms with Gasteiger partial charge >= 0.3 is 10.1 Å². The monoisotopic (exact) mass is 454 g/mol. The summed E-state index contributed by atoms with van der Waals surface area (Å²) in [6.07, 6.45) is 2.08. The molecular weight excluding hydrogens is 436 g/mol. The molecule has 3 rings (SSSR count). The third-order valence-electron chi connectivity index (χ3n) is 4.06. The van der Waals surface area contributed by atoms with Crippen LogP contribution >= 0.6 is 11.3 Å². The van der Waals surface area contributed by atoms with E-state index in [0.717, 1.165) is 10.6 Å². The predicted octanol–water partition coefficient (Wildman–Crippen LogP) is 3.72. The SMILES string of the molecule is CCc1nnc(NC(=O)/C(C#N)=C\c2ccc(OS(=O)(=O)c3ccc(C)cc3)cc2)s1. The van der Waals surface area contributed by atoms with Crippen molar-refractivity contribution in [3.05, 3.63) is 70.2 Å². The van der Waals surface area contributed by atoms with Gasteiger partial charge in [-0.05, 0) is 49.2 Å². The highest BCUT2D eigenvalue weighted by Gasteiger charge is 2.16.